The molecule has 1 aliphatic rings. The van der Waals surface area contributed by atoms with Crippen LogP contribution in [0.4, 0.5) is 0 Å². The first-order valence-corrected chi connectivity index (χ1v) is 5.53. The summed E-state index contributed by atoms with van der Waals surface area (Å²) in [6.07, 6.45) is 0.717. The zero-order chi connectivity index (χ0) is 11.4. The maximum absolute atomic E-state index is 11.7. The number of amides is 1. The maximum Gasteiger partial charge on any atom is 0.261 e. The molecule has 0 saturated heterocycles. The Bertz CT molecular complexity index is 379. The van der Waals surface area contributed by atoms with Crippen molar-refractivity contribution in [3.05, 3.63) is 35.4 Å². The summed E-state index contributed by atoms with van der Waals surface area (Å²) in [5, 5.41) is 3.19. The first-order valence-electron chi connectivity index (χ1n) is 5.53. The van der Waals surface area contributed by atoms with Gasteiger partial charge in [0.15, 0.2) is 0 Å². The molecule has 0 fully saturated rings. The summed E-state index contributed by atoms with van der Waals surface area (Å²) in [6, 6.07) is 7.97. The number of hydrogen-bond acceptors (Lipinski definition) is 3. The molecular weight excluding hydrogens is 204 g/mol. The lowest BCUT2D eigenvalue weighted by molar-refractivity contribution is -0.135. The summed E-state index contributed by atoms with van der Waals surface area (Å²) in [5.74, 6) is -0.101. The second-order valence-electron chi connectivity index (χ2n) is 3.81. The van der Waals surface area contributed by atoms with Crippen LogP contribution in [0.5, 0.6) is 0 Å². The summed E-state index contributed by atoms with van der Waals surface area (Å²) in [7, 11) is 0. The quantitative estimate of drug-likeness (QED) is 0.740. The van der Waals surface area contributed by atoms with E-state index in [0.29, 0.717) is 6.61 Å². The molecule has 4 heteroatoms. The molecule has 0 aliphatic carbocycles. The van der Waals surface area contributed by atoms with Gasteiger partial charge in [0, 0.05) is 6.54 Å². The summed E-state index contributed by atoms with van der Waals surface area (Å²) in [6.45, 7) is 3.05. The minimum absolute atomic E-state index is 0.101. The molecule has 0 saturated carbocycles. The van der Waals surface area contributed by atoms with Crippen molar-refractivity contribution in [2.75, 3.05) is 6.61 Å². The molecule has 1 aliphatic heterocycles. The molecule has 2 N–H and O–H groups in total. The molecule has 0 spiro atoms. The van der Waals surface area contributed by atoms with Crippen LogP contribution in [0.3, 0.4) is 0 Å². The van der Waals surface area contributed by atoms with Gasteiger partial charge >= 0.3 is 0 Å². The van der Waals surface area contributed by atoms with Crippen molar-refractivity contribution in [1.82, 2.24) is 10.8 Å². The van der Waals surface area contributed by atoms with Gasteiger partial charge in [0.25, 0.3) is 5.91 Å². The largest absolute Gasteiger partial charge is 0.301 e. The smallest absolute Gasteiger partial charge is 0.261 e. The number of carbonyl (C=O) groups is 1. The molecule has 16 heavy (non-hydrogen) atoms. The van der Waals surface area contributed by atoms with Crippen molar-refractivity contribution in [3.8, 4) is 0 Å². The van der Waals surface area contributed by atoms with Crippen molar-refractivity contribution in [2.24, 2.45) is 0 Å². The molecule has 0 aromatic heterocycles. The second kappa shape index (κ2) is 5.09. The van der Waals surface area contributed by atoms with Gasteiger partial charge in [-0.05, 0) is 24.5 Å². The van der Waals surface area contributed by atoms with Crippen LogP contribution in [0.2, 0.25) is 0 Å². The zero-order valence-corrected chi connectivity index (χ0v) is 9.32. The number of hydrogen-bond donors (Lipinski definition) is 2. The third-order valence-electron chi connectivity index (χ3n) is 2.71. The minimum atomic E-state index is -0.193. The Balaban J connectivity index is 1.99. The Morgan fingerprint density at radius 1 is 1.50 bits per heavy atom. The van der Waals surface area contributed by atoms with Crippen LogP contribution in [-0.4, -0.2) is 18.6 Å². The van der Waals surface area contributed by atoms with E-state index < -0.39 is 0 Å². The van der Waals surface area contributed by atoms with Gasteiger partial charge in [0.2, 0.25) is 0 Å². The molecule has 1 atom stereocenters. The maximum atomic E-state index is 11.7. The van der Waals surface area contributed by atoms with E-state index in [1.54, 1.807) is 0 Å². The molecule has 4 nitrogen and oxygen atoms in total. The first-order chi connectivity index (χ1) is 7.81. The van der Waals surface area contributed by atoms with E-state index in [9.17, 15) is 4.79 Å². The lowest BCUT2D eigenvalue weighted by atomic mass is 9.96. The highest BCUT2D eigenvalue weighted by molar-refractivity contribution is 5.81. The summed E-state index contributed by atoms with van der Waals surface area (Å²) < 4.78 is 0. The second-order valence-corrected chi connectivity index (χ2v) is 3.81. The van der Waals surface area contributed by atoms with E-state index in [1.807, 2.05) is 19.1 Å². The van der Waals surface area contributed by atoms with Gasteiger partial charge in [-0.1, -0.05) is 24.3 Å². The molecule has 1 heterocycles. The Labute approximate surface area is 94.9 Å². The fraction of sp³-hybridized carbons (Fsp3) is 0.417. The Morgan fingerprint density at radius 3 is 3.00 bits per heavy atom. The van der Waals surface area contributed by atoms with Crippen molar-refractivity contribution in [2.45, 2.75) is 25.9 Å². The minimum Gasteiger partial charge on any atom is -0.301 e. The monoisotopic (exact) mass is 220 g/mol. The Hall–Kier alpha value is -1.39. The molecule has 2 rings (SSSR count). The average Bonchev–Trinajstić information content (AvgIpc) is 2.35. The average molecular weight is 220 g/mol. The molecule has 1 aromatic rings. The van der Waals surface area contributed by atoms with Gasteiger partial charge in [-0.3, -0.25) is 9.63 Å². The lowest BCUT2D eigenvalue weighted by Crippen LogP contribution is -2.47. The van der Waals surface area contributed by atoms with E-state index >= 15 is 0 Å². The molecular formula is C12H16N2O2. The predicted molar refractivity (Wildman–Crippen MR) is 60.5 cm³/mol. The van der Waals surface area contributed by atoms with Crippen LogP contribution in [0.1, 0.15) is 18.1 Å². The summed E-state index contributed by atoms with van der Waals surface area (Å²) in [4.78, 5) is 16.6. The van der Waals surface area contributed by atoms with Crippen LogP contribution in [0.25, 0.3) is 0 Å². The summed E-state index contributed by atoms with van der Waals surface area (Å²) in [5.41, 5.74) is 4.93. The van der Waals surface area contributed by atoms with Crippen molar-refractivity contribution in [1.29, 1.82) is 0 Å². The van der Waals surface area contributed by atoms with Gasteiger partial charge in [-0.15, -0.1) is 0 Å². The van der Waals surface area contributed by atoms with E-state index in [-0.39, 0.29) is 11.9 Å². The highest BCUT2D eigenvalue weighted by Crippen LogP contribution is 2.16. The topological polar surface area (TPSA) is 50.4 Å². The van der Waals surface area contributed by atoms with Gasteiger partial charge in [-0.2, -0.15) is 0 Å². The summed E-state index contributed by atoms with van der Waals surface area (Å²) >= 11 is 0. The van der Waals surface area contributed by atoms with E-state index in [2.05, 4.69) is 22.9 Å². The Morgan fingerprint density at radius 2 is 2.25 bits per heavy atom. The van der Waals surface area contributed by atoms with Crippen molar-refractivity contribution >= 4 is 5.91 Å². The standard InChI is InChI=1S/C12H16N2O2/c1-2-16-14-12(15)11-7-9-5-3-4-6-10(9)8-13-11/h3-6,11,13H,2,7-8H2,1H3,(H,14,15)/t11-/m0/s1. The van der Waals surface area contributed by atoms with Crippen LogP contribution in [0, 0.1) is 0 Å². The number of nitrogens with one attached hydrogen (secondary N) is 2. The van der Waals surface area contributed by atoms with Gasteiger partial charge in [0.1, 0.15) is 0 Å². The number of carbonyl (C=O) groups excluding carboxylic acids is 1. The highest BCUT2D eigenvalue weighted by Gasteiger charge is 2.23. The number of fused-ring (bicyclic) bond motifs is 1. The fourth-order valence-corrected chi connectivity index (χ4v) is 1.85. The molecule has 1 aromatic carbocycles. The lowest BCUT2D eigenvalue weighted by Gasteiger charge is -2.24. The van der Waals surface area contributed by atoms with E-state index in [0.717, 1.165) is 13.0 Å². The fourth-order valence-electron chi connectivity index (χ4n) is 1.85. The van der Waals surface area contributed by atoms with Crippen molar-refractivity contribution in [3.63, 3.8) is 0 Å². The highest BCUT2D eigenvalue weighted by atomic mass is 16.6. The van der Waals surface area contributed by atoms with Crippen LogP contribution in [0.15, 0.2) is 24.3 Å². The Kier molecular flexibility index (Phi) is 3.54. The van der Waals surface area contributed by atoms with E-state index in [4.69, 9.17) is 4.84 Å². The first kappa shape index (κ1) is 11.1. The van der Waals surface area contributed by atoms with Gasteiger partial charge in [-0.25, -0.2) is 5.48 Å². The molecule has 1 amide bonds. The normalized spacial score (nSPS) is 18.9. The van der Waals surface area contributed by atoms with E-state index in [1.165, 1.54) is 11.1 Å². The van der Waals surface area contributed by atoms with Gasteiger partial charge < -0.3 is 5.32 Å². The number of hydroxylamine groups is 1. The molecule has 0 bridgehead atoms. The third kappa shape index (κ3) is 2.40. The number of benzene rings is 1. The molecule has 86 valence electrons. The molecule has 0 radical (unpaired) electrons. The van der Waals surface area contributed by atoms with Gasteiger partial charge in [0.05, 0.1) is 12.6 Å². The SMILES string of the molecule is CCONC(=O)[C@@H]1Cc2ccccc2CN1. The third-order valence-corrected chi connectivity index (χ3v) is 2.71. The van der Waals surface area contributed by atoms with Crippen LogP contribution < -0.4 is 10.8 Å². The predicted octanol–water partition coefficient (Wildman–Crippen LogP) is 0.769. The zero-order valence-electron chi connectivity index (χ0n) is 9.32. The van der Waals surface area contributed by atoms with Crippen LogP contribution in [-0.2, 0) is 22.6 Å². The number of rotatable bonds is 3. The molecule has 0 unspecified atom stereocenters. The van der Waals surface area contributed by atoms with Crippen molar-refractivity contribution < 1.29 is 9.63 Å². The van der Waals surface area contributed by atoms with Crippen LogP contribution >= 0.6 is 0 Å².